The first-order chi connectivity index (χ1) is 13.3. The molecule has 1 nitrogen and oxygen atoms in total. The normalized spacial score (nSPS) is 12.2. The molecule has 2 aromatic rings. The molecule has 146 valence electrons. The van der Waals surface area contributed by atoms with Crippen LogP contribution in [0, 0.1) is 11.5 Å². The lowest BCUT2D eigenvalue weighted by atomic mass is 9.99. The zero-order valence-corrected chi connectivity index (χ0v) is 19.0. The van der Waals surface area contributed by atoms with Crippen LogP contribution in [0.5, 0.6) is 0 Å². The second-order valence-corrected chi connectivity index (χ2v) is 13.9. The number of allylic oxidation sites excluding steroid dienone is 1. The van der Waals surface area contributed by atoms with Crippen LogP contribution in [-0.4, -0.2) is 13.9 Å². The van der Waals surface area contributed by atoms with E-state index in [-0.39, 0.29) is 5.78 Å². The van der Waals surface area contributed by atoms with Crippen molar-refractivity contribution >= 4 is 25.5 Å². The summed E-state index contributed by atoms with van der Waals surface area (Å²) >= 11 is 0. The van der Waals surface area contributed by atoms with Gasteiger partial charge in [-0.2, -0.15) is 0 Å². The van der Waals surface area contributed by atoms with Gasteiger partial charge >= 0.3 is 0 Å². The second kappa shape index (κ2) is 9.71. The Morgan fingerprint density at radius 3 is 1.71 bits per heavy atom. The van der Waals surface area contributed by atoms with Crippen molar-refractivity contribution in [1.29, 1.82) is 0 Å². The summed E-state index contributed by atoms with van der Waals surface area (Å²) in [5.74, 6) is 3.00. The zero-order chi connectivity index (χ0) is 20.7. The number of Topliss-reactive ketones (excluding diaryl/α,β-unsaturated/α-hetero) is 1. The highest BCUT2D eigenvalue weighted by molar-refractivity contribution is 6.90. The molecule has 2 aromatic carbocycles. The van der Waals surface area contributed by atoms with Gasteiger partial charge in [-0.3, -0.25) is 4.79 Å². The third-order valence-electron chi connectivity index (χ3n) is 5.70. The van der Waals surface area contributed by atoms with Crippen molar-refractivity contribution in [3.63, 3.8) is 0 Å². The smallest absolute Gasteiger partial charge is 0.235 e. The number of hydrogen-bond donors (Lipinski definition) is 0. The fraction of sp³-hybridized carbons (Fsp3) is 0.346. The van der Waals surface area contributed by atoms with Gasteiger partial charge in [0.15, 0.2) is 0 Å². The highest BCUT2D eigenvalue weighted by atomic mass is 28.3. The molecule has 2 rings (SSSR count). The lowest BCUT2D eigenvalue weighted by molar-refractivity contribution is -0.108. The average molecular weight is 389 g/mol. The SMILES string of the molecule is CC(C)[Si](C#CC(=O)/C(=C/c1ccccc1)c1ccccc1)(C(C)C)C(C)C. The van der Waals surface area contributed by atoms with E-state index in [0.717, 1.165) is 11.1 Å². The molecule has 0 saturated carbocycles. The maximum Gasteiger partial charge on any atom is 0.235 e. The van der Waals surface area contributed by atoms with Crippen molar-refractivity contribution in [2.24, 2.45) is 0 Å². The highest BCUT2D eigenvalue weighted by Gasteiger charge is 2.41. The molecular formula is C26H32OSi. The summed E-state index contributed by atoms with van der Waals surface area (Å²) in [6.07, 6.45) is 1.95. The number of benzene rings is 2. The maximum atomic E-state index is 13.2. The minimum atomic E-state index is -1.94. The fourth-order valence-electron chi connectivity index (χ4n) is 4.28. The average Bonchev–Trinajstić information content (AvgIpc) is 2.67. The van der Waals surface area contributed by atoms with Crippen LogP contribution >= 0.6 is 0 Å². The lowest BCUT2D eigenvalue weighted by Gasteiger charge is -2.37. The highest BCUT2D eigenvalue weighted by Crippen LogP contribution is 2.40. The molecule has 0 aliphatic heterocycles. The molecule has 0 N–H and O–H groups in total. The molecule has 0 aliphatic carbocycles. The third-order valence-corrected chi connectivity index (χ3v) is 12.0. The Labute approximate surface area is 171 Å². The molecule has 0 saturated heterocycles. The van der Waals surface area contributed by atoms with Crippen LogP contribution in [0.2, 0.25) is 16.6 Å². The van der Waals surface area contributed by atoms with Crippen LogP contribution in [0.15, 0.2) is 60.7 Å². The van der Waals surface area contributed by atoms with Gasteiger partial charge in [-0.25, -0.2) is 0 Å². The van der Waals surface area contributed by atoms with Gasteiger partial charge in [-0.05, 0) is 39.7 Å². The molecule has 0 spiro atoms. The molecule has 2 heteroatoms. The van der Waals surface area contributed by atoms with Crippen LogP contribution in [0.4, 0.5) is 0 Å². The Bertz CT molecular complexity index is 843. The topological polar surface area (TPSA) is 17.1 Å². The Balaban J connectivity index is 2.53. The van der Waals surface area contributed by atoms with Crippen molar-refractivity contribution in [2.75, 3.05) is 0 Å². The standard InChI is InChI=1S/C26H32OSi/c1-20(2)28(21(3)4,22(5)6)18-17-26(27)25(24-15-11-8-12-16-24)19-23-13-9-7-10-14-23/h7-16,19-22H,1-6H3/b25-19+. The van der Waals surface area contributed by atoms with Gasteiger partial charge in [-0.15, -0.1) is 5.54 Å². The Hall–Kier alpha value is -2.37. The molecule has 28 heavy (non-hydrogen) atoms. The van der Waals surface area contributed by atoms with Crippen molar-refractivity contribution in [1.82, 2.24) is 0 Å². The summed E-state index contributed by atoms with van der Waals surface area (Å²) in [5, 5.41) is 0. The van der Waals surface area contributed by atoms with Gasteiger partial charge in [0.2, 0.25) is 5.78 Å². The third kappa shape index (κ3) is 4.91. The number of carbonyl (C=O) groups is 1. The van der Waals surface area contributed by atoms with Gasteiger partial charge < -0.3 is 0 Å². The van der Waals surface area contributed by atoms with E-state index in [4.69, 9.17) is 0 Å². The predicted octanol–water partition coefficient (Wildman–Crippen LogP) is 7.02. The van der Waals surface area contributed by atoms with E-state index in [1.54, 1.807) is 0 Å². The molecular weight excluding hydrogens is 356 g/mol. The Morgan fingerprint density at radius 2 is 1.25 bits per heavy atom. The molecule has 0 unspecified atom stereocenters. The van der Waals surface area contributed by atoms with E-state index in [2.05, 4.69) is 53.0 Å². The van der Waals surface area contributed by atoms with E-state index in [0.29, 0.717) is 22.2 Å². The lowest BCUT2D eigenvalue weighted by Crippen LogP contribution is -2.43. The van der Waals surface area contributed by atoms with E-state index >= 15 is 0 Å². The Morgan fingerprint density at radius 1 is 0.786 bits per heavy atom. The predicted molar refractivity (Wildman–Crippen MR) is 125 cm³/mol. The summed E-state index contributed by atoms with van der Waals surface area (Å²) in [7, 11) is -1.94. The molecule has 0 radical (unpaired) electrons. The van der Waals surface area contributed by atoms with Crippen molar-refractivity contribution in [3.05, 3.63) is 71.8 Å². The van der Waals surface area contributed by atoms with Gasteiger partial charge in [-0.1, -0.05) is 102 Å². The number of hydrogen-bond acceptors (Lipinski definition) is 1. The molecule has 0 heterocycles. The summed E-state index contributed by atoms with van der Waals surface area (Å²) in [5.41, 5.74) is 7.67. The fourth-order valence-corrected chi connectivity index (χ4v) is 9.48. The van der Waals surface area contributed by atoms with Crippen LogP contribution in [0.3, 0.4) is 0 Å². The minimum absolute atomic E-state index is 0.0890. The van der Waals surface area contributed by atoms with Gasteiger partial charge in [0.1, 0.15) is 8.07 Å². The first-order valence-corrected chi connectivity index (χ1v) is 12.4. The molecule has 0 aromatic heterocycles. The molecule has 0 amide bonds. The summed E-state index contributed by atoms with van der Waals surface area (Å²) in [4.78, 5) is 13.2. The Kier molecular flexibility index (Phi) is 7.60. The molecule has 0 aliphatic rings. The van der Waals surface area contributed by atoms with E-state index in [9.17, 15) is 4.79 Å². The second-order valence-electron chi connectivity index (χ2n) is 8.31. The number of carbonyl (C=O) groups excluding carboxylic acids is 1. The zero-order valence-electron chi connectivity index (χ0n) is 18.0. The first-order valence-electron chi connectivity index (χ1n) is 10.2. The van der Waals surface area contributed by atoms with E-state index in [1.165, 1.54) is 0 Å². The molecule has 0 atom stereocenters. The van der Waals surface area contributed by atoms with Crippen molar-refractivity contribution in [3.8, 4) is 11.5 Å². The van der Waals surface area contributed by atoms with Crippen LogP contribution in [-0.2, 0) is 4.79 Å². The minimum Gasteiger partial charge on any atom is -0.279 e. The van der Waals surface area contributed by atoms with Crippen molar-refractivity contribution < 1.29 is 4.79 Å². The largest absolute Gasteiger partial charge is 0.279 e. The molecule has 0 fully saturated rings. The monoisotopic (exact) mass is 388 g/mol. The van der Waals surface area contributed by atoms with Crippen LogP contribution < -0.4 is 0 Å². The summed E-state index contributed by atoms with van der Waals surface area (Å²) in [6.45, 7) is 13.6. The van der Waals surface area contributed by atoms with Crippen LogP contribution in [0.1, 0.15) is 52.7 Å². The quantitative estimate of drug-likeness (QED) is 0.225. The molecule has 0 bridgehead atoms. The maximum absolute atomic E-state index is 13.2. The van der Waals surface area contributed by atoms with E-state index < -0.39 is 8.07 Å². The summed E-state index contributed by atoms with van der Waals surface area (Å²) < 4.78 is 0. The van der Waals surface area contributed by atoms with E-state index in [1.807, 2.05) is 66.7 Å². The van der Waals surface area contributed by atoms with Gasteiger partial charge in [0.25, 0.3) is 0 Å². The van der Waals surface area contributed by atoms with Crippen molar-refractivity contribution in [2.45, 2.75) is 58.2 Å². The van der Waals surface area contributed by atoms with Gasteiger partial charge in [0.05, 0.1) is 0 Å². The summed E-state index contributed by atoms with van der Waals surface area (Å²) in [6, 6.07) is 19.8. The first kappa shape index (κ1) is 21.9. The van der Waals surface area contributed by atoms with Gasteiger partial charge in [0, 0.05) is 5.57 Å². The number of ketones is 1. The van der Waals surface area contributed by atoms with Crippen LogP contribution in [0.25, 0.3) is 11.6 Å². The number of rotatable bonds is 6.